The Balaban J connectivity index is 2.17. The molecule has 1 N–H and O–H groups in total. The third-order valence-electron chi connectivity index (χ3n) is 2.40. The SMILES string of the molecule is Cc1ccc(CNc2cc(Cl)ccc2[N+](=O)[O-])s1. The molecule has 0 aliphatic heterocycles. The van der Waals surface area contributed by atoms with E-state index in [2.05, 4.69) is 5.32 Å². The minimum atomic E-state index is -0.418. The van der Waals surface area contributed by atoms with Gasteiger partial charge in [-0.15, -0.1) is 11.3 Å². The molecule has 1 aromatic carbocycles. The van der Waals surface area contributed by atoms with Gasteiger partial charge in [-0.2, -0.15) is 0 Å². The Labute approximate surface area is 113 Å². The van der Waals surface area contributed by atoms with Crippen LogP contribution in [0.3, 0.4) is 0 Å². The number of thiophene rings is 1. The quantitative estimate of drug-likeness (QED) is 0.674. The van der Waals surface area contributed by atoms with E-state index in [0.717, 1.165) is 4.88 Å². The van der Waals surface area contributed by atoms with Crippen LogP contribution < -0.4 is 5.32 Å². The Morgan fingerprint density at radius 2 is 2.17 bits per heavy atom. The molecule has 2 rings (SSSR count). The highest BCUT2D eigenvalue weighted by Crippen LogP contribution is 2.28. The summed E-state index contributed by atoms with van der Waals surface area (Å²) in [5.74, 6) is 0. The molecule has 0 atom stereocenters. The summed E-state index contributed by atoms with van der Waals surface area (Å²) < 4.78 is 0. The summed E-state index contributed by atoms with van der Waals surface area (Å²) in [6.07, 6.45) is 0. The number of hydrogen-bond donors (Lipinski definition) is 1. The first kappa shape index (κ1) is 12.9. The molecule has 4 nitrogen and oxygen atoms in total. The van der Waals surface area contributed by atoms with E-state index in [9.17, 15) is 10.1 Å². The lowest BCUT2D eigenvalue weighted by atomic mass is 10.2. The Morgan fingerprint density at radius 3 is 2.78 bits per heavy atom. The number of aryl methyl sites for hydroxylation is 1. The van der Waals surface area contributed by atoms with Crippen LogP contribution in [0.4, 0.5) is 11.4 Å². The van der Waals surface area contributed by atoms with Gasteiger partial charge >= 0.3 is 0 Å². The van der Waals surface area contributed by atoms with Gasteiger partial charge in [-0.3, -0.25) is 10.1 Å². The van der Waals surface area contributed by atoms with Crippen molar-refractivity contribution in [2.45, 2.75) is 13.5 Å². The second-order valence-electron chi connectivity index (χ2n) is 3.78. The number of nitro benzene ring substituents is 1. The van der Waals surface area contributed by atoms with Crippen LogP contribution in [0.5, 0.6) is 0 Å². The van der Waals surface area contributed by atoms with Gasteiger partial charge in [0.15, 0.2) is 0 Å². The number of benzene rings is 1. The van der Waals surface area contributed by atoms with Crippen LogP contribution in [0.2, 0.25) is 5.02 Å². The third-order valence-corrected chi connectivity index (χ3v) is 3.64. The number of nitrogens with zero attached hydrogens (tertiary/aromatic N) is 1. The third kappa shape index (κ3) is 3.00. The molecule has 0 saturated heterocycles. The number of anilines is 1. The zero-order valence-electron chi connectivity index (χ0n) is 9.64. The van der Waals surface area contributed by atoms with Crippen LogP contribution in [0, 0.1) is 17.0 Å². The molecule has 0 spiro atoms. The molecule has 18 heavy (non-hydrogen) atoms. The maximum absolute atomic E-state index is 10.9. The molecule has 0 fully saturated rings. The van der Waals surface area contributed by atoms with E-state index in [0.29, 0.717) is 17.3 Å². The van der Waals surface area contributed by atoms with Crippen LogP contribution in [-0.2, 0) is 6.54 Å². The first-order valence-corrected chi connectivity index (χ1v) is 6.49. The van der Waals surface area contributed by atoms with Gasteiger partial charge in [-0.1, -0.05) is 11.6 Å². The van der Waals surface area contributed by atoms with Crippen LogP contribution in [0.25, 0.3) is 0 Å². The zero-order valence-corrected chi connectivity index (χ0v) is 11.2. The van der Waals surface area contributed by atoms with Crippen molar-refractivity contribution in [3.63, 3.8) is 0 Å². The fourth-order valence-electron chi connectivity index (χ4n) is 1.57. The van der Waals surface area contributed by atoms with Gasteiger partial charge in [-0.25, -0.2) is 0 Å². The van der Waals surface area contributed by atoms with Crippen molar-refractivity contribution in [1.29, 1.82) is 0 Å². The van der Waals surface area contributed by atoms with E-state index < -0.39 is 4.92 Å². The summed E-state index contributed by atoms with van der Waals surface area (Å²) in [5.41, 5.74) is 0.478. The molecule has 0 saturated carbocycles. The number of nitrogens with one attached hydrogen (secondary N) is 1. The molecule has 1 aromatic heterocycles. The van der Waals surface area contributed by atoms with Crippen LogP contribution in [-0.4, -0.2) is 4.92 Å². The van der Waals surface area contributed by atoms with E-state index in [1.165, 1.54) is 17.0 Å². The predicted octanol–water partition coefficient (Wildman–Crippen LogP) is 4.23. The van der Waals surface area contributed by atoms with E-state index >= 15 is 0 Å². The molecule has 0 unspecified atom stereocenters. The normalized spacial score (nSPS) is 10.3. The largest absolute Gasteiger partial charge is 0.375 e. The van der Waals surface area contributed by atoms with E-state index in [-0.39, 0.29) is 5.69 Å². The van der Waals surface area contributed by atoms with Crippen LogP contribution >= 0.6 is 22.9 Å². The number of hydrogen-bond acceptors (Lipinski definition) is 4. The Hall–Kier alpha value is -1.59. The highest BCUT2D eigenvalue weighted by Gasteiger charge is 2.13. The number of nitro groups is 1. The van der Waals surface area contributed by atoms with Gasteiger partial charge in [0, 0.05) is 27.4 Å². The maximum Gasteiger partial charge on any atom is 0.292 e. The highest BCUT2D eigenvalue weighted by atomic mass is 35.5. The monoisotopic (exact) mass is 282 g/mol. The highest BCUT2D eigenvalue weighted by molar-refractivity contribution is 7.11. The van der Waals surface area contributed by atoms with Crippen molar-refractivity contribution in [2.24, 2.45) is 0 Å². The Bertz CT molecular complexity index is 583. The van der Waals surface area contributed by atoms with E-state index in [1.807, 2.05) is 19.1 Å². The van der Waals surface area contributed by atoms with Crippen molar-refractivity contribution in [2.75, 3.05) is 5.32 Å². The second kappa shape index (κ2) is 5.37. The maximum atomic E-state index is 10.9. The van der Waals surface area contributed by atoms with Gasteiger partial charge in [-0.05, 0) is 31.2 Å². The minimum absolute atomic E-state index is 0.0349. The Kier molecular flexibility index (Phi) is 3.84. The molecule has 0 aliphatic rings. The summed E-state index contributed by atoms with van der Waals surface area (Å²) in [6, 6.07) is 8.52. The van der Waals surface area contributed by atoms with Crippen LogP contribution in [0.15, 0.2) is 30.3 Å². The molecule has 2 aromatic rings. The lowest BCUT2D eigenvalue weighted by Gasteiger charge is -2.06. The molecule has 0 aliphatic carbocycles. The van der Waals surface area contributed by atoms with Crippen molar-refractivity contribution in [3.8, 4) is 0 Å². The molecule has 1 heterocycles. The summed E-state index contributed by atoms with van der Waals surface area (Å²) in [6.45, 7) is 2.58. The topological polar surface area (TPSA) is 55.2 Å². The van der Waals surface area contributed by atoms with Crippen molar-refractivity contribution < 1.29 is 4.92 Å². The van der Waals surface area contributed by atoms with Crippen LogP contribution in [0.1, 0.15) is 9.75 Å². The van der Waals surface area contributed by atoms with E-state index in [1.54, 1.807) is 17.4 Å². The van der Waals surface area contributed by atoms with Crippen molar-refractivity contribution in [1.82, 2.24) is 0 Å². The zero-order chi connectivity index (χ0) is 13.1. The molecule has 0 radical (unpaired) electrons. The van der Waals surface area contributed by atoms with Crippen molar-refractivity contribution >= 4 is 34.3 Å². The second-order valence-corrected chi connectivity index (χ2v) is 5.59. The lowest BCUT2D eigenvalue weighted by Crippen LogP contribution is -2.01. The van der Waals surface area contributed by atoms with Gasteiger partial charge in [0.05, 0.1) is 4.92 Å². The Morgan fingerprint density at radius 1 is 1.39 bits per heavy atom. The molecule has 6 heteroatoms. The van der Waals surface area contributed by atoms with Gasteiger partial charge in [0.1, 0.15) is 5.69 Å². The first-order chi connectivity index (χ1) is 8.56. The first-order valence-electron chi connectivity index (χ1n) is 5.29. The van der Waals surface area contributed by atoms with E-state index in [4.69, 9.17) is 11.6 Å². The summed E-state index contributed by atoms with van der Waals surface area (Å²) in [4.78, 5) is 12.8. The smallest absolute Gasteiger partial charge is 0.292 e. The van der Waals surface area contributed by atoms with Gasteiger partial charge < -0.3 is 5.32 Å². The average molecular weight is 283 g/mol. The van der Waals surface area contributed by atoms with Gasteiger partial charge in [0.25, 0.3) is 5.69 Å². The lowest BCUT2D eigenvalue weighted by molar-refractivity contribution is -0.384. The summed E-state index contributed by atoms with van der Waals surface area (Å²) >= 11 is 7.51. The molecule has 0 bridgehead atoms. The molecular formula is C12H11ClN2O2S. The fourth-order valence-corrected chi connectivity index (χ4v) is 2.57. The average Bonchev–Trinajstić information content (AvgIpc) is 2.72. The molecular weight excluding hydrogens is 272 g/mol. The van der Waals surface area contributed by atoms with Gasteiger partial charge in [0.2, 0.25) is 0 Å². The minimum Gasteiger partial charge on any atom is -0.375 e. The summed E-state index contributed by atoms with van der Waals surface area (Å²) in [5, 5.41) is 14.4. The van der Waals surface area contributed by atoms with Crippen molar-refractivity contribution in [3.05, 3.63) is 55.2 Å². The number of halogens is 1. The predicted molar refractivity (Wildman–Crippen MR) is 74.5 cm³/mol. The number of rotatable bonds is 4. The molecule has 0 amide bonds. The molecule has 94 valence electrons. The fraction of sp³-hybridized carbons (Fsp3) is 0.167. The summed E-state index contributed by atoms with van der Waals surface area (Å²) in [7, 11) is 0. The standard InChI is InChI=1S/C12H11ClN2O2S/c1-8-2-4-10(18-8)7-14-11-6-9(13)3-5-12(11)15(16)17/h2-6,14H,7H2,1H3.